The molecule has 2 aromatic heterocycles. The van der Waals surface area contributed by atoms with Crippen LogP contribution in [0, 0.1) is 0 Å². The van der Waals surface area contributed by atoms with Crippen molar-refractivity contribution in [3.63, 3.8) is 0 Å². The molecule has 0 saturated heterocycles. The molecule has 1 unspecified atom stereocenters. The molecule has 29 heavy (non-hydrogen) atoms. The van der Waals surface area contributed by atoms with E-state index in [9.17, 15) is 9.59 Å². The molecule has 1 amide bonds. The van der Waals surface area contributed by atoms with Crippen molar-refractivity contribution < 1.29 is 9.59 Å². The van der Waals surface area contributed by atoms with E-state index in [4.69, 9.17) is 0 Å². The van der Waals surface area contributed by atoms with Crippen molar-refractivity contribution in [1.29, 1.82) is 0 Å². The molecule has 6 nitrogen and oxygen atoms in total. The minimum Gasteiger partial charge on any atom is -0.326 e. The number of nitrogens with zero attached hydrogens (tertiary/aromatic N) is 3. The molecule has 8 heteroatoms. The Morgan fingerprint density at radius 1 is 1.24 bits per heavy atom. The number of benzene rings is 1. The van der Waals surface area contributed by atoms with Crippen LogP contribution >= 0.6 is 23.1 Å². The number of aryl methyl sites for hydroxylation is 2. The van der Waals surface area contributed by atoms with E-state index in [2.05, 4.69) is 27.0 Å². The number of amides is 1. The molecular weight excluding hydrogens is 404 g/mol. The highest BCUT2D eigenvalue weighted by atomic mass is 32.2. The van der Waals surface area contributed by atoms with Crippen molar-refractivity contribution in [3.8, 4) is 0 Å². The summed E-state index contributed by atoms with van der Waals surface area (Å²) in [5, 5.41) is 13.5. The summed E-state index contributed by atoms with van der Waals surface area (Å²) in [4.78, 5) is 25.8. The summed E-state index contributed by atoms with van der Waals surface area (Å²) in [5.74, 6) is 0.00614. The molecule has 1 N–H and O–H groups in total. The van der Waals surface area contributed by atoms with Crippen LogP contribution in [0.5, 0.6) is 0 Å². The van der Waals surface area contributed by atoms with Gasteiger partial charge in [0.1, 0.15) is 6.33 Å². The van der Waals surface area contributed by atoms with Crippen LogP contribution in [-0.2, 0) is 17.8 Å². The molecule has 0 bridgehead atoms. The van der Waals surface area contributed by atoms with Gasteiger partial charge in [0.15, 0.2) is 10.9 Å². The molecule has 0 aliphatic heterocycles. The minimum atomic E-state index is -0.291. The number of carbonyl (C=O) groups excluding carboxylic acids is 2. The van der Waals surface area contributed by atoms with Crippen LogP contribution in [0.1, 0.15) is 41.9 Å². The SMILES string of the molecule is CCCC(=O)Nc1ccc(C(=O)C(C)Sc2nncn2CCc2cccs2)cc1. The van der Waals surface area contributed by atoms with Gasteiger partial charge in [-0.15, -0.1) is 21.5 Å². The molecule has 2 heterocycles. The third kappa shape index (κ3) is 6.01. The fraction of sp³-hybridized carbons (Fsp3) is 0.333. The number of thiophene rings is 1. The maximum absolute atomic E-state index is 12.8. The third-order valence-electron chi connectivity index (χ3n) is 4.34. The minimum absolute atomic E-state index is 0.0163. The third-order valence-corrected chi connectivity index (χ3v) is 6.37. The molecule has 0 aliphatic carbocycles. The fourth-order valence-electron chi connectivity index (χ4n) is 2.79. The molecule has 3 aromatic rings. The number of thioether (sulfide) groups is 1. The van der Waals surface area contributed by atoms with Gasteiger partial charge in [0.05, 0.1) is 5.25 Å². The monoisotopic (exact) mass is 428 g/mol. The van der Waals surface area contributed by atoms with Crippen molar-refractivity contribution in [2.75, 3.05) is 5.32 Å². The zero-order valence-electron chi connectivity index (χ0n) is 16.5. The summed E-state index contributed by atoms with van der Waals surface area (Å²) >= 11 is 3.14. The predicted molar refractivity (Wildman–Crippen MR) is 118 cm³/mol. The maximum Gasteiger partial charge on any atom is 0.224 e. The largest absolute Gasteiger partial charge is 0.326 e. The quantitative estimate of drug-likeness (QED) is 0.375. The van der Waals surface area contributed by atoms with Crippen molar-refractivity contribution >= 4 is 40.5 Å². The Balaban J connectivity index is 1.58. The fourth-order valence-corrected chi connectivity index (χ4v) is 4.41. The number of hydrogen-bond acceptors (Lipinski definition) is 6. The molecule has 1 aromatic carbocycles. The zero-order chi connectivity index (χ0) is 20.6. The van der Waals surface area contributed by atoms with Crippen molar-refractivity contribution in [3.05, 3.63) is 58.5 Å². The average Bonchev–Trinajstić information content (AvgIpc) is 3.38. The van der Waals surface area contributed by atoms with Gasteiger partial charge in [-0.05, 0) is 55.5 Å². The summed E-state index contributed by atoms with van der Waals surface area (Å²) in [6, 6.07) is 11.2. The van der Waals surface area contributed by atoms with Crippen LogP contribution in [0.3, 0.4) is 0 Å². The Hall–Kier alpha value is -2.45. The second-order valence-electron chi connectivity index (χ2n) is 6.64. The highest BCUT2D eigenvalue weighted by Crippen LogP contribution is 2.25. The van der Waals surface area contributed by atoms with E-state index in [-0.39, 0.29) is 16.9 Å². The molecule has 0 radical (unpaired) electrons. The molecule has 1 atom stereocenters. The van der Waals surface area contributed by atoms with Gasteiger partial charge in [-0.3, -0.25) is 9.59 Å². The van der Waals surface area contributed by atoms with E-state index in [0.29, 0.717) is 17.7 Å². The lowest BCUT2D eigenvalue weighted by Crippen LogP contribution is -2.15. The van der Waals surface area contributed by atoms with Crippen LogP contribution in [0.4, 0.5) is 5.69 Å². The van der Waals surface area contributed by atoms with Gasteiger partial charge in [-0.2, -0.15) is 0 Å². The standard InChI is InChI=1S/C21H24N4O2S2/c1-3-5-19(26)23-17-9-7-16(8-10-17)20(27)15(2)29-21-24-22-14-25(21)12-11-18-6-4-13-28-18/h4,6-10,13-15H,3,5,11-12H2,1-2H3,(H,23,26). The Labute approximate surface area is 178 Å². The number of Topliss-reactive ketones (excluding diaryl/α,β-unsaturated/α-hetero) is 1. The average molecular weight is 429 g/mol. The number of rotatable bonds is 10. The highest BCUT2D eigenvalue weighted by molar-refractivity contribution is 8.00. The Kier molecular flexibility index (Phi) is 7.60. The predicted octanol–water partition coefficient (Wildman–Crippen LogP) is 4.68. The van der Waals surface area contributed by atoms with E-state index in [1.54, 1.807) is 41.9 Å². The lowest BCUT2D eigenvalue weighted by molar-refractivity contribution is -0.116. The van der Waals surface area contributed by atoms with Crippen LogP contribution in [0.25, 0.3) is 0 Å². The number of anilines is 1. The van der Waals surface area contributed by atoms with E-state index >= 15 is 0 Å². The zero-order valence-corrected chi connectivity index (χ0v) is 18.1. The second kappa shape index (κ2) is 10.4. The van der Waals surface area contributed by atoms with Gasteiger partial charge in [-0.1, -0.05) is 24.8 Å². The van der Waals surface area contributed by atoms with Gasteiger partial charge < -0.3 is 9.88 Å². The van der Waals surface area contributed by atoms with Crippen molar-refractivity contribution in [1.82, 2.24) is 14.8 Å². The second-order valence-corrected chi connectivity index (χ2v) is 8.98. The van der Waals surface area contributed by atoms with Gasteiger partial charge in [0.25, 0.3) is 0 Å². The van der Waals surface area contributed by atoms with E-state index in [1.165, 1.54) is 16.6 Å². The van der Waals surface area contributed by atoms with Crippen LogP contribution in [0.15, 0.2) is 53.3 Å². The number of carbonyl (C=O) groups is 2. The summed E-state index contributed by atoms with van der Waals surface area (Å²) in [6.45, 7) is 4.62. The van der Waals surface area contributed by atoms with Gasteiger partial charge in [0.2, 0.25) is 5.91 Å². The topological polar surface area (TPSA) is 76.9 Å². The molecule has 0 saturated carbocycles. The first-order valence-electron chi connectivity index (χ1n) is 9.57. The molecular formula is C21H24N4O2S2. The lowest BCUT2D eigenvalue weighted by Gasteiger charge is -2.12. The van der Waals surface area contributed by atoms with Crippen LogP contribution in [0.2, 0.25) is 0 Å². The normalized spacial score (nSPS) is 11.9. The van der Waals surface area contributed by atoms with Gasteiger partial charge >= 0.3 is 0 Å². The van der Waals surface area contributed by atoms with Crippen molar-refractivity contribution in [2.45, 2.75) is 50.1 Å². The maximum atomic E-state index is 12.8. The summed E-state index contributed by atoms with van der Waals surface area (Å²) in [7, 11) is 0. The number of hydrogen-bond donors (Lipinski definition) is 1. The lowest BCUT2D eigenvalue weighted by atomic mass is 10.1. The Morgan fingerprint density at radius 3 is 2.72 bits per heavy atom. The first-order valence-corrected chi connectivity index (χ1v) is 11.3. The van der Waals surface area contributed by atoms with Gasteiger partial charge in [0, 0.05) is 29.1 Å². The van der Waals surface area contributed by atoms with Crippen molar-refractivity contribution in [2.24, 2.45) is 0 Å². The van der Waals surface area contributed by atoms with E-state index < -0.39 is 0 Å². The summed E-state index contributed by atoms with van der Waals surface area (Å²) < 4.78 is 1.99. The molecule has 3 rings (SSSR count). The summed E-state index contributed by atoms with van der Waals surface area (Å²) in [5.41, 5.74) is 1.32. The molecule has 0 spiro atoms. The van der Waals surface area contributed by atoms with Crippen LogP contribution in [-0.4, -0.2) is 31.7 Å². The number of aromatic nitrogens is 3. The summed E-state index contributed by atoms with van der Waals surface area (Å²) in [6.07, 6.45) is 3.91. The van der Waals surface area contributed by atoms with Gasteiger partial charge in [-0.25, -0.2) is 0 Å². The van der Waals surface area contributed by atoms with E-state index in [1.807, 2.05) is 24.5 Å². The highest BCUT2D eigenvalue weighted by Gasteiger charge is 2.19. The number of nitrogens with one attached hydrogen (secondary N) is 1. The first-order chi connectivity index (χ1) is 14.1. The molecule has 0 fully saturated rings. The Morgan fingerprint density at radius 2 is 2.03 bits per heavy atom. The molecule has 0 aliphatic rings. The first kappa shape index (κ1) is 21.3. The van der Waals surface area contributed by atoms with Crippen LogP contribution < -0.4 is 5.32 Å². The Bertz CT molecular complexity index is 936. The van der Waals surface area contributed by atoms with E-state index in [0.717, 1.165) is 24.5 Å². The molecule has 152 valence electrons. The smallest absolute Gasteiger partial charge is 0.224 e. The number of ketones is 1.